The van der Waals surface area contributed by atoms with Gasteiger partial charge < -0.3 is 14.1 Å². The molecule has 2 rings (SSSR count). The Morgan fingerprint density at radius 1 is 1.38 bits per heavy atom. The lowest BCUT2D eigenvalue weighted by Gasteiger charge is -2.16. The molecule has 0 aliphatic carbocycles. The summed E-state index contributed by atoms with van der Waals surface area (Å²) in [6.45, 7) is 0.141. The van der Waals surface area contributed by atoms with Gasteiger partial charge in [-0.15, -0.1) is 0 Å². The molecule has 1 amide bonds. The summed E-state index contributed by atoms with van der Waals surface area (Å²) in [5, 5.41) is 10.6. The topological polar surface area (TPSA) is 85.8 Å². The summed E-state index contributed by atoms with van der Waals surface area (Å²) >= 11 is 0. The summed E-state index contributed by atoms with van der Waals surface area (Å²) in [6, 6.07) is 9.22. The van der Waals surface area contributed by atoms with E-state index in [1.165, 1.54) is 29.4 Å². The van der Waals surface area contributed by atoms with Crippen molar-refractivity contribution in [2.75, 3.05) is 13.7 Å². The van der Waals surface area contributed by atoms with Crippen LogP contribution in [0, 0.1) is 10.1 Å². The monoisotopic (exact) mass is 290 g/mol. The molecule has 0 spiro atoms. The first kappa shape index (κ1) is 14.6. The van der Waals surface area contributed by atoms with Crippen molar-refractivity contribution in [2.24, 2.45) is 0 Å². The highest BCUT2D eigenvalue weighted by Crippen LogP contribution is 2.19. The number of nitrogens with zero attached hydrogens (tertiary/aromatic N) is 2. The molecule has 0 atom stereocenters. The van der Waals surface area contributed by atoms with Gasteiger partial charge in [-0.1, -0.05) is 6.07 Å². The summed E-state index contributed by atoms with van der Waals surface area (Å²) in [5.41, 5.74) is -0.0797. The number of furan rings is 1. The number of amides is 1. The van der Waals surface area contributed by atoms with Gasteiger partial charge in [-0.25, -0.2) is 0 Å². The molecule has 1 heterocycles. The van der Waals surface area contributed by atoms with E-state index in [1.807, 2.05) is 0 Å². The molecule has 21 heavy (non-hydrogen) atoms. The van der Waals surface area contributed by atoms with Crippen LogP contribution in [0.3, 0.4) is 0 Å². The van der Waals surface area contributed by atoms with Gasteiger partial charge in [0.05, 0.1) is 23.8 Å². The lowest BCUT2D eigenvalue weighted by atomic mass is 10.3. The lowest BCUT2D eigenvalue weighted by molar-refractivity contribution is -0.384. The molecule has 0 saturated heterocycles. The highest BCUT2D eigenvalue weighted by Gasteiger charge is 2.12. The third-order valence-electron chi connectivity index (χ3n) is 2.79. The van der Waals surface area contributed by atoms with E-state index in [0.29, 0.717) is 12.3 Å². The molecule has 0 unspecified atom stereocenters. The van der Waals surface area contributed by atoms with Gasteiger partial charge in [-0.3, -0.25) is 14.9 Å². The Morgan fingerprint density at radius 3 is 2.86 bits per heavy atom. The SMILES string of the molecule is CN(Cc1ccco1)C(=O)COc1cccc([N+](=O)[O-])c1. The van der Waals surface area contributed by atoms with Crippen LogP contribution in [0.5, 0.6) is 5.75 Å². The van der Waals surface area contributed by atoms with Crippen LogP contribution in [-0.2, 0) is 11.3 Å². The van der Waals surface area contributed by atoms with Crippen LogP contribution < -0.4 is 4.74 Å². The average molecular weight is 290 g/mol. The van der Waals surface area contributed by atoms with Crippen LogP contribution in [0.2, 0.25) is 0 Å². The van der Waals surface area contributed by atoms with Gasteiger partial charge in [0.25, 0.3) is 11.6 Å². The molecule has 0 aliphatic rings. The summed E-state index contributed by atoms with van der Waals surface area (Å²) in [6.07, 6.45) is 1.53. The van der Waals surface area contributed by atoms with Crippen molar-refractivity contribution in [2.45, 2.75) is 6.54 Å². The van der Waals surface area contributed by atoms with Crippen molar-refractivity contribution >= 4 is 11.6 Å². The van der Waals surface area contributed by atoms with Gasteiger partial charge in [0.1, 0.15) is 11.5 Å². The number of benzene rings is 1. The number of hydrogen-bond acceptors (Lipinski definition) is 5. The van der Waals surface area contributed by atoms with Crippen molar-refractivity contribution in [3.63, 3.8) is 0 Å². The molecule has 0 aliphatic heterocycles. The van der Waals surface area contributed by atoms with Crippen LogP contribution >= 0.6 is 0 Å². The molecule has 0 bridgehead atoms. The van der Waals surface area contributed by atoms with Gasteiger partial charge >= 0.3 is 0 Å². The number of hydrogen-bond donors (Lipinski definition) is 0. The van der Waals surface area contributed by atoms with Gasteiger partial charge in [0.2, 0.25) is 0 Å². The third-order valence-corrected chi connectivity index (χ3v) is 2.79. The number of carbonyl (C=O) groups is 1. The van der Waals surface area contributed by atoms with E-state index in [0.717, 1.165) is 0 Å². The zero-order chi connectivity index (χ0) is 15.2. The zero-order valence-corrected chi connectivity index (χ0v) is 11.4. The number of nitro benzene ring substituents is 1. The second-order valence-corrected chi connectivity index (χ2v) is 4.37. The van der Waals surface area contributed by atoms with Crippen LogP contribution in [0.4, 0.5) is 5.69 Å². The molecule has 7 heteroatoms. The van der Waals surface area contributed by atoms with Gasteiger partial charge in [-0.2, -0.15) is 0 Å². The van der Waals surface area contributed by atoms with Crippen LogP contribution in [0.25, 0.3) is 0 Å². The van der Waals surface area contributed by atoms with E-state index >= 15 is 0 Å². The first-order valence-corrected chi connectivity index (χ1v) is 6.20. The van der Waals surface area contributed by atoms with Crippen LogP contribution in [0.15, 0.2) is 47.1 Å². The van der Waals surface area contributed by atoms with Crippen molar-refractivity contribution in [3.8, 4) is 5.75 Å². The third kappa shape index (κ3) is 4.07. The number of likely N-dealkylation sites (N-methyl/N-ethyl adjacent to an activating group) is 1. The number of non-ortho nitro benzene ring substituents is 1. The lowest BCUT2D eigenvalue weighted by Crippen LogP contribution is -2.30. The Kier molecular flexibility index (Phi) is 4.55. The summed E-state index contributed by atoms with van der Waals surface area (Å²) in [4.78, 5) is 23.5. The average Bonchev–Trinajstić information content (AvgIpc) is 2.97. The molecular weight excluding hydrogens is 276 g/mol. The van der Waals surface area contributed by atoms with Crippen LogP contribution in [-0.4, -0.2) is 29.4 Å². The quantitative estimate of drug-likeness (QED) is 0.601. The minimum atomic E-state index is -0.516. The predicted octanol–water partition coefficient (Wildman–Crippen LogP) is 2.23. The van der Waals surface area contributed by atoms with E-state index in [-0.39, 0.29) is 24.0 Å². The Bertz CT molecular complexity index is 624. The number of rotatable bonds is 6. The zero-order valence-electron chi connectivity index (χ0n) is 11.4. The van der Waals surface area contributed by atoms with Crippen LogP contribution in [0.1, 0.15) is 5.76 Å². The Balaban J connectivity index is 1.88. The highest BCUT2D eigenvalue weighted by atomic mass is 16.6. The van der Waals surface area contributed by atoms with Crippen molar-refractivity contribution in [3.05, 3.63) is 58.5 Å². The molecule has 0 fully saturated rings. The number of nitro groups is 1. The number of carbonyl (C=O) groups excluding carboxylic acids is 1. The van der Waals surface area contributed by atoms with E-state index in [1.54, 1.807) is 25.2 Å². The van der Waals surface area contributed by atoms with E-state index in [2.05, 4.69) is 0 Å². The molecular formula is C14H14N2O5. The first-order valence-electron chi connectivity index (χ1n) is 6.20. The van der Waals surface area contributed by atoms with Gasteiger partial charge in [-0.05, 0) is 18.2 Å². The molecule has 0 radical (unpaired) electrons. The summed E-state index contributed by atoms with van der Waals surface area (Å²) < 4.78 is 10.4. The molecule has 1 aromatic carbocycles. The fourth-order valence-corrected chi connectivity index (χ4v) is 1.67. The molecule has 2 aromatic rings. The predicted molar refractivity (Wildman–Crippen MR) is 73.8 cm³/mol. The maximum Gasteiger partial charge on any atom is 0.273 e. The molecule has 0 saturated carbocycles. The van der Waals surface area contributed by atoms with Crippen molar-refractivity contribution < 1.29 is 18.9 Å². The summed E-state index contributed by atoms with van der Waals surface area (Å²) in [5.74, 6) is 0.697. The maximum absolute atomic E-state index is 11.9. The first-order chi connectivity index (χ1) is 10.1. The Morgan fingerprint density at radius 2 is 2.19 bits per heavy atom. The fourth-order valence-electron chi connectivity index (χ4n) is 1.67. The largest absolute Gasteiger partial charge is 0.484 e. The minimum Gasteiger partial charge on any atom is -0.484 e. The fraction of sp³-hybridized carbons (Fsp3) is 0.214. The normalized spacial score (nSPS) is 10.1. The van der Waals surface area contributed by atoms with Gasteiger partial charge in [0.15, 0.2) is 6.61 Å². The second-order valence-electron chi connectivity index (χ2n) is 4.37. The smallest absolute Gasteiger partial charge is 0.273 e. The second kappa shape index (κ2) is 6.56. The molecule has 7 nitrogen and oxygen atoms in total. The summed E-state index contributed by atoms with van der Waals surface area (Å²) in [7, 11) is 1.63. The maximum atomic E-state index is 11.9. The standard InChI is InChI=1S/C14H14N2O5/c1-15(9-13-6-3-7-20-13)14(17)10-21-12-5-2-4-11(8-12)16(18)19/h2-8H,9-10H2,1H3. The van der Waals surface area contributed by atoms with Gasteiger partial charge in [0, 0.05) is 13.1 Å². The molecule has 0 N–H and O–H groups in total. The van der Waals surface area contributed by atoms with E-state index in [4.69, 9.17) is 9.15 Å². The van der Waals surface area contributed by atoms with E-state index < -0.39 is 4.92 Å². The molecule has 1 aromatic heterocycles. The molecule has 110 valence electrons. The Hall–Kier alpha value is -2.83. The number of ether oxygens (including phenoxy) is 1. The van der Waals surface area contributed by atoms with Crippen molar-refractivity contribution in [1.29, 1.82) is 0 Å². The van der Waals surface area contributed by atoms with E-state index in [9.17, 15) is 14.9 Å². The Labute approximate surface area is 120 Å². The highest BCUT2D eigenvalue weighted by molar-refractivity contribution is 5.77. The van der Waals surface area contributed by atoms with Crippen molar-refractivity contribution in [1.82, 2.24) is 4.90 Å². The minimum absolute atomic E-state index is 0.0797.